The van der Waals surface area contributed by atoms with E-state index >= 15 is 0 Å². The Kier molecular flexibility index (Phi) is 4.39. The highest BCUT2D eigenvalue weighted by molar-refractivity contribution is 5.92. The van der Waals surface area contributed by atoms with Gasteiger partial charge in [0.05, 0.1) is 17.3 Å². The van der Waals surface area contributed by atoms with Gasteiger partial charge in [0.1, 0.15) is 0 Å². The molecule has 25 heavy (non-hydrogen) atoms. The van der Waals surface area contributed by atoms with E-state index in [0.717, 1.165) is 12.8 Å². The molecule has 1 atom stereocenters. The van der Waals surface area contributed by atoms with E-state index in [0.29, 0.717) is 37.5 Å². The van der Waals surface area contributed by atoms with Crippen LogP contribution in [0.5, 0.6) is 0 Å². The van der Waals surface area contributed by atoms with Gasteiger partial charge in [0.15, 0.2) is 6.39 Å². The number of hydrogen-bond donors (Lipinski definition) is 1. The molecule has 2 amide bonds. The maximum Gasteiger partial charge on any atom is 0.291 e. The summed E-state index contributed by atoms with van der Waals surface area (Å²) in [6.45, 7) is 8.96. The molecule has 1 aromatic heterocycles. The van der Waals surface area contributed by atoms with Gasteiger partial charge in [-0.1, -0.05) is 0 Å². The fourth-order valence-electron chi connectivity index (χ4n) is 4.16. The number of piperidine rings is 2. The van der Waals surface area contributed by atoms with Crippen molar-refractivity contribution in [1.82, 2.24) is 14.8 Å². The molecule has 7 nitrogen and oxygen atoms in total. The highest BCUT2D eigenvalue weighted by atomic mass is 16.3. The Hall–Kier alpha value is -1.89. The van der Waals surface area contributed by atoms with E-state index in [2.05, 4.69) is 4.98 Å². The minimum Gasteiger partial charge on any atom is -0.438 e. The van der Waals surface area contributed by atoms with Gasteiger partial charge in [0, 0.05) is 26.6 Å². The molecule has 7 heteroatoms. The number of oxazole rings is 1. The van der Waals surface area contributed by atoms with E-state index in [9.17, 15) is 14.7 Å². The molecule has 1 unspecified atom stereocenters. The van der Waals surface area contributed by atoms with Crippen LogP contribution in [0.4, 0.5) is 0 Å². The van der Waals surface area contributed by atoms with Crippen molar-refractivity contribution in [3.8, 4) is 0 Å². The Bertz CT molecular complexity index is 674. The highest BCUT2D eigenvalue weighted by Crippen LogP contribution is 2.45. The Morgan fingerprint density at radius 3 is 2.48 bits per heavy atom. The van der Waals surface area contributed by atoms with Gasteiger partial charge in [-0.05, 0) is 45.4 Å². The lowest BCUT2D eigenvalue weighted by Gasteiger charge is -2.55. The highest BCUT2D eigenvalue weighted by Gasteiger charge is 2.50. The van der Waals surface area contributed by atoms with Gasteiger partial charge in [-0.2, -0.15) is 0 Å². The van der Waals surface area contributed by atoms with Gasteiger partial charge in [-0.15, -0.1) is 0 Å². The normalized spacial score (nSPS) is 25.2. The van der Waals surface area contributed by atoms with Crippen LogP contribution in [0.25, 0.3) is 0 Å². The van der Waals surface area contributed by atoms with Crippen LogP contribution in [0.3, 0.4) is 0 Å². The first-order valence-electron chi connectivity index (χ1n) is 8.82. The van der Waals surface area contributed by atoms with Gasteiger partial charge in [-0.25, -0.2) is 4.98 Å². The summed E-state index contributed by atoms with van der Waals surface area (Å²) in [4.78, 5) is 32.2. The van der Waals surface area contributed by atoms with Crippen molar-refractivity contribution in [2.24, 2.45) is 5.41 Å². The van der Waals surface area contributed by atoms with E-state index in [1.807, 2.05) is 13.8 Å². The standard InChI is InChI=1S/C18H27N3O4/c1-12-15(25-11-19-12)16(24)20-7-5-18(6-8-20)9-14(23)17(3,4)21(10-18)13(2)22/h11,14,23H,5-10H2,1-4H3. The number of aryl methyl sites for hydroxylation is 1. The first kappa shape index (κ1) is 17.9. The summed E-state index contributed by atoms with van der Waals surface area (Å²) in [5, 5.41) is 10.6. The Morgan fingerprint density at radius 1 is 1.32 bits per heavy atom. The largest absolute Gasteiger partial charge is 0.438 e. The van der Waals surface area contributed by atoms with Gasteiger partial charge >= 0.3 is 0 Å². The zero-order valence-electron chi connectivity index (χ0n) is 15.4. The molecule has 1 spiro atoms. The first-order valence-corrected chi connectivity index (χ1v) is 8.82. The van der Waals surface area contributed by atoms with Gasteiger partial charge in [0.25, 0.3) is 5.91 Å². The molecule has 0 aromatic carbocycles. The maximum atomic E-state index is 12.6. The number of amides is 2. The van der Waals surface area contributed by atoms with Crippen LogP contribution < -0.4 is 0 Å². The molecule has 2 aliphatic heterocycles. The molecular weight excluding hydrogens is 322 g/mol. The molecular formula is C18H27N3O4. The van der Waals surface area contributed by atoms with Crippen molar-refractivity contribution in [3.63, 3.8) is 0 Å². The molecule has 2 fully saturated rings. The predicted octanol–water partition coefficient (Wildman–Crippen LogP) is 1.60. The second-order valence-electron chi connectivity index (χ2n) is 8.04. The minimum absolute atomic E-state index is 0.0149. The monoisotopic (exact) mass is 349 g/mol. The van der Waals surface area contributed by atoms with Crippen LogP contribution in [0.1, 0.15) is 56.3 Å². The number of likely N-dealkylation sites (tertiary alicyclic amines) is 2. The number of carbonyl (C=O) groups excluding carboxylic acids is 2. The molecule has 1 aromatic rings. The number of aliphatic hydroxyl groups is 1. The van der Waals surface area contributed by atoms with Crippen LogP contribution in [-0.4, -0.2) is 63.0 Å². The van der Waals surface area contributed by atoms with Crippen LogP contribution in [-0.2, 0) is 4.79 Å². The average Bonchev–Trinajstić information content (AvgIpc) is 2.97. The van der Waals surface area contributed by atoms with E-state index in [-0.39, 0.29) is 17.2 Å². The molecule has 0 aliphatic carbocycles. The summed E-state index contributed by atoms with van der Waals surface area (Å²) < 4.78 is 5.21. The summed E-state index contributed by atoms with van der Waals surface area (Å²) in [6.07, 6.45) is 2.92. The van der Waals surface area contributed by atoms with Crippen LogP contribution in [0.2, 0.25) is 0 Å². The second-order valence-corrected chi connectivity index (χ2v) is 8.04. The van der Waals surface area contributed by atoms with Crippen LogP contribution in [0, 0.1) is 12.3 Å². The Balaban J connectivity index is 1.72. The van der Waals surface area contributed by atoms with Crippen molar-refractivity contribution in [2.45, 2.75) is 58.6 Å². The quantitative estimate of drug-likeness (QED) is 0.832. The van der Waals surface area contributed by atoms with Crippen LogP contribution >= 0.6 is 0 Å². The lowest BCUT2D eigenvalue weighted by atomic mass is 9.67. The van der Waals surface area contributed by atoms with Crippen molar-refractivity contribution >= 4 is 11.8 Å². The zero-order valence-corrected chi connectivity index (χ0v) is 15.4. The second kappa shape index (κ2) is 6.12. The predicted molar refractivity (Wildman–Crippen MR) is 90.9 cm³/mol. The lowest BCUT2D eigenvalue weighted by molar-refractivity contribution is -0.156. The van der Waals surface area contributed by atoms with Crippen molar-refractivity contribution in [1.29, 1.82) is 0 Å². The minimum atomic E-state index is -0.566. The maximum absolute atomic E-state index is 12.6. The zero-order chi connectivity index (χ0) is 18.4. The van der Waals surface area contributed by atoms with E-state index < -0.39 is 11.6 Å². The molecule has 1 N–H and O–H groups in total. The molecule has 0 bridgehead atoms. The Morgan fingerprint density at radius 2 is 1.96 bits per heavy atom. The molecule has 3 rings (SSSR count). The number of carbonyl (C=O) groups is 2. The fourth-order valence-corrected chi connectivity index (χ4v) is 4.16. The van der Waals surface area contributed by atoms with E-state index in [4.69, 9.17) is 4.42 Å². The fraction of sp³-hybridized carbons (Fsp3) is 0.722. The summed E-state index contributed by atoms with van der Waals surface area (Å²) in [5.41, 5.74) is -0.0858. The van der Waals surface area contributed by atoms with E-state index in [1.54, 1.807) is 23.6 Å². The molecule has 0 radical (unpaired) electrons. The van der Waals surface area contributed by atoms with Gasteiger partial charge < -0.3 is 19.3 Å². The lowest BCUT2D eigenvalue weighted by Crippen LogP contribution is -2.64. The van der Waals surface area contributed by atoms with E-state index in [1.165, 1.54) is 6.39 Å². The van der Waals surface area contributed by atoms with Crippen molar-refractivity contribution < 1.29 is 19.1 Å². The van der Waals surface area contributed by atoms with Gasteiger partial charge in [-0.3, -0.25) is 9.59 Å². The van der Waals surface area contributed by atoms with Crippen LogP contribution in [0.15, 0.2) is 10.8 Å². The average molecular weight is 349 g/mol. The van der Waals surface area contributed by atoms with Gasteiger partial charge in [0.2, 0.25) is 11.7 Å². The smallest absolute Gasteiger partial charge is 0.291 e. The number of rotatable bonds is 1. The summed E-state index contributed by atoms with van der Waals surface area (Å²) in [7, 11) is 0. The number of aromatic nitrogens is 1. The third-order valence-corrected chi connectivity index (χ3v) is 6.06. The molecule has 2 saturated heterocycles. The Labute approximate surface area is 148 Å². The first-order chi connectivity index (χ1) is 11.7. The molecule has 3 heterocycles. The third kappa shape index (κ3) is 3.05. The summed E-state index contributed by atoms with van der Waals surface area (Å²) >= 11 is 0. The molecule has 138 valence electrons. The molecule has 0 saturated carbocycles. The third-order valence-electron chi connectivity index (χ3n) is 6.06. The molecule has 2 aliphatic rings. The number of nitrogens with zero attached hydrogens (tertiary/aromatic N) is 3. The summed E-state index contributed by atoms with van der Waals surface area (Å²) in [5.74, 6) is 0.148. The summed E-state index contributed by atoms with van der Waals surface area (Å²) in [6, 6.07) is 0. The topological polar surface area (TPSA) is 86.9 Å². The van der Waals surface area contributed by atoms with Crippen molar-refractivity contribution in [2.75, 3.05) is 19.6 Å². The number of aliphatic hydroxyl groups excluding tert-OH is 1. The SMILES string of the molecule is CC(=O)N1CC2(CCN(C(=O)c3ocnc3C)CC2)CC(O)C1(C)C. The number of hydrogen-bond acceptors (Lipinski definition) is 5. The van der Waals surface area contributed by atoms with Crippen molar-refractivity contribution in [3.05, 3.63) is 17.8 Å².